The summed E-state index contributed by atoms with van der Waals surface area (Å²) >= 11 is 0. The molecule has 20 nitrogen and oxygen atoms in total. The van der Waals surface area contributed by atoms with E-state index in [4.69, 9.17) is 19.9 Å². The smallest absolute Gasteiger partial charge is 0.330 e. The molecule has 2 aliphatic rings. The molecule has 0 radical (unpaired) electrons. The highest BCUT2D eigenvalue weighted by atomic mass is 16.7. The van der Waals surface area contributed by atoms with Crippen molar-refractivity contribution in [3.63, 3.8) is 0 Å². The molecule has 0 aromatic heterocycles. The first-order valence-electron chi connectivity index (χ1n) is 26.8. The lowest BCUT2D eigenvalue weighted by Gasteiger charge is -2.45. The van der Waals surface area contributed by atoms with Crippen molar-refractivity contribution in [2.24, 2.45) is 52.2 Å². The number of allylic oxidation sites excluding steroid dienone is 2. The third-order valence-electron chi connectivity index (χ3n) is 15.0. The number of guanidine groups is 1. The molecule has 2 aliphatic heterocycles. The number of aliphatic hydroxyl groups excluding tert-OH is 9. The van der Waals surface area contributed by atoms with Crippen molar-refractivity contribution in [3.05, 3.63) is 36.5 Å². The number of rotatable bonds is 14. The molecule has 0 saturated carbocycles. The summed E-state index contributed by atoms with van der Waals surface area (Å²) in [7, 11) is 1.63. The van der Waals surface area contributed by atoms with Gasteiger partial charge in [0.25, 0.3) is 0 Å². The summed E-state index contributed by atoms with van der Waals surface area (Å²) in [5.41, 5.74) is 5.67. The average Bonchev–Trinajstić information content (AvgIpc) is 3.32. The fraction of sp³-hybridized carbons (Fsp3) is 0.815. The molecule has 2 bridgehead atoms. The second-order valence-corrected chi connectivity index (χ2v) is 21.7. The first-order valence-corrected chi connectivity index (χ1v) is 26.8. The van der Waals surface area contributed by atoms with Crippen LogP contribution in [0.2, 0.25) is 0 Å². The molecule has 74 heavy (non-hydrogen) atoms. The molecule has 2 heterocycles. The van der Waals surface area contributed by atoms with Crippen LogP contribution in [0, 0.1) is 41.4 Å². The van der Waals surface area contributed by atoms with Gasteiger partial charge in [-0.3, -0.25) is 14.6 Å². The number of nitrogens with one attached hydrogen (secondary N) is 1. The number of ether oxygens (including phenoxy) is 3. The molecule has 20 atom stereocenters. The lowest BCUT2D eigenvalue weighted by molar-refractivity contribution is -0.333. The molecule has 0 aliphatic carbocycles. The molecule has 1 saturated heterocycles. The standard InChI is InChI=1S/C54H95N3O17/c1-31(15-13-11-9-10-12-14-22-57-53(55)56-8)23-35(5)51-34(4)17-20-42(60)36(6)44(62)25-38(58)24-39(72-50(69)29-48(66)67)26-40-27-46(64)52(70)54(71,74-40)30-47(65)33(3)16-19-41(59)37(7)45(63)28-43(61)32(2)18-21-49(68)73-51/h9-10,17-18,20-21,31-47,51-52,58-65,70-71H,11-16,19,22-30H2,1-8H3,(H,66,67)(H3,55,56,57)/b10-9?,20-17+,21-18+. The van der Waals surface area contributed by atoms with Gasteiger partial charge >= 0.3 is 17.9 Å². The van der Waals surface area contributed by atoms with Gasteiger partial charge in [0.2, 0.25) is 0 Å². The second kappa shape index (κ2) is 33.6. The van der Waals surface area contributed by atoms with Crippen molar-refractivity contribution in [2.75, 3.05) is 13.6 Å². The number of nitrogens with zero attached hydrogens (tertiary/aromatic N) is 1. The Balaban J connectivity index is 2.41. The van der Waals surface area contributed by atoms with Gasteiger partial charge in [-0.2, -0.15) is 0 Å². The molecular weight excluding hydrogens is 963 g/mol. The maximum Gasteiger partial charge on any atom is 0.330 e. The molecule has 1 fully saturated rings. The van der Waals surface area contributed by atoms with Crippen LogP contribution in [0.4, 0.5) is 0 Å². The number of hydrogen-bond acceptors (Lipinski definition) is 17. The molecule has 0 amide bonds. The van der Waals surface area contributed by atoms with Crippen LogP contribution >= 0.6 is 0 Å². The van der Waals surface area contributed by atoms with E-state index < -0.39 is 139 Å². The van der Waals surface area contributed by atoms with E-state index in [0.29, 0.717) is 12.4 Å². The van der Waals surface area contributed by atoms with E-state index in [-0.39, 0.29) is 56.8 Å². The molecular formula is C54H95N3O17. The summed E-state index contributed by atoms with van der Waals surface area (Å²) in [5.74, 6) is -8.53. The quantitative estimate of drug-likeness (QED) is 0.0297. The Labute approximate surface area is 438 Å². The van der Waals surface area contributed by atoms with Crippen molar-refractivity contribution in [2.45, 2.75) is 224 Å². The number of nitrogens with two attached hydrogens (primary N) is 1. The van der Waals surface area contributed by atoms with Crippen LogP contribution in [0.3, 0.4) is 0 Å². The van der Waals surface area contributed by atoms with Crippen LogP contribution in [-0.2, 0) is 28.6 Å². The van der Waals surface area contributed by atoms with Crippen LogP contribution in [0.5, 0.6) is 0 Å². The van der Waals surface area contributed by atoms with Gasteiger partial charge in [0.1, 0.15) is 24.7 Å². The number of aliphatic imine (C=N–C) groups is 1. The zero-order chi connectivity index (χ0) is 55.9. The summed E-state index contributed by atoms with van der Waals surface area (Å²) in [6, 6.07) is 0. The van der Waals surface area contributed by atoms with Gasteiger partial charge in [-0.1, -0.05) is 85.3 Å². The second-order valence-electron chi connectivity index (χ2n) is 21.7. The van der Waals surface area contributed by atoms with E-state index >= 15 is 0 Å². The number of aliphatic carboxylic acids is 1. The highest BCUT2D eigenvalue weighted by Crippen LogP contribution is 2.36. The number of carbonyl (C=O) groups is 3. The zero-order valence-electron chi connectivity index (χ0n) is 45.1. The Morgan fingerprint density at radius 1 is 0.811 bits per heavy atom. The summed E-state index contributed by atoms with van der Waals surface area (Å²) in [4.78, 5) is 41.4. The monoisotopic (exact) mass is 1060 g/mol. The van der Waals surface area contributed by atoms with Crippen molar-refractivity contribution >= 4 is 23.9 Å². The third kappa shape index (κ3) is 24.2. The Morgan fingerprint density at radius 3 is 2.11 bits per heavy atom. The molecule has 0 aromatic carbocycles. The van der Waals surface area contributed by atoms with E-state index in [1.54, 1.807) is 40.8 Å². The topological polar surface area (TPSA) is 352 Å². The highest BCUT2D eigenvalue weighted by molar-refractivity contribution is 5.90. The van der Waals surface area contributed by atoms with Gasteiger partial charge in [0.05, 0.1) is 54.9 Å². The lowest BCUT2D eigenvalue weighted by atomic mass is 9.83. The zero-order valence-corrected chi connectivity index (χ0v) is 45.1. The molecule has 20 unspecified atom stereocenters. The number of fused-ring (bicyclic) bond motifs is 2. The fourth-order valence-corrected chi connectivity index (χ4v) is 9.77. The summed E-state index contributed by atoms with van der Waals surface area (Å²) < 4.78 is 17.4. The van der Waals surface area contributed by atoms with Crippen LogP contribution in [0.15, 0.2) is 41.4 Å². The normalized spacial score (nSPS) is 38.2. The maximum atomic E-state index is 13.5. The molecule has 0 spiro atoms. The predicted octanol–water partition coefficient (Wildman–Crippen LogP) is 2.75. The number of esters is 2. The Kier molecular flexibility index (Phi) is 30.2. The van der Waals surface area contributed by atoms with Crippen LogP contribution in [0.25, 0.3) is 0 Å². The number of carbonyl (C=O) groups excluding carboxylic acids is 2. The van der Waals surface area contributed by atoms with E-state index in [1.165, 1.54) is 18.2 Å². The minimum absolute atomic E-state index is 0.0910. The first kappa shape index (κ1) is 66.6. The number of cyclic esters (lactones) is 1. The maximum absolute atomic E-state index is 13.5. The average molecular weight is 1060 g/mol. The van der Waals surface area contributed by atoms with Crippen molar-refractivity contribution in [3.8, 4) is 0 Å². The van der Waals surface area contributed by atoms with Crippen molar-refractivity contribution < 1.29 is 84.8 Å². The minimum atomic E-state index is -2.52. The Morgan fingerprint density at radius 2 is 1.46 bits per heavy atom. The number of unbranched alkanes of at least 4 members (excludes halogenated alkanes) is 2. The number of carboxylic acid groups (broad SMARTS) is 1. The molecule has 2 rings (SSSR count). The van der Waals surface area contributed by atoms with Crippen LogP contribution in [-0.4, -0.2) is 173 Å². The Hall–Kier alpha value is -3.54. The van der Waals surface area contributed by atoms with E-state index in [9.17, 15) is 70.6 Å². The van der Waals surface area contributed by atoms with Gasteiger partial charge < -0.3 is 81.4 Å². The van der Waals surface area contributed by atoms with Crippen LogP contribution < -0.4 is 11.1 Å². The SMILES string of the molecule is CN=C(N)NCCCC=CCCCC(C)CC(C)C1OC(=O)/C=C/C(C)C(O)CC(O)C(C)C(O)CCC(C)C(O)CC2(O)OC(CC(OC(=O)CC(=O)O)CC(O)CC(O)C(C)C(O)/C=C/C1C)CC(O)C2O. The largest absolute Gasteiger partial charge is 0.481 e. The summed E-state index contributed by atoms with van der Waals surface area (Å²) in [6.07, 6.45) is -2.38. The van der Waals surface area contributed by atoms with E-state index in [0.717, 1.165) is 38.6 Å². The molecule has 14 N–H and O–H groups in total. The van der Waals surface area contributed by atoms with Crippen LogP contribution in [0.1, 0.15) is 145 Å². The molecule has 20 heteroatoms. The first-order chi connectivity index (χ1) is 34.7. The highest BCUT2D eigenvalue weighted by Gasteiger charge is 2.50. The molecule has 428 valence electrons. The number of aliphatic hydroxyl groups is 10. The minimum Gasteiger partial charge on any atom is -0.481 e. The number of carboxylic acids is 1. The van der Waals surface area contributed by atoms with Crippen molar-refractivity contribution in [1.29, 1.82) is 0 Å². The van der Waals surface area contributed by atoms with Crippen molar-refractivity contribution in [1.82, 2.24) is 5.32 Å². The van der Waals surface area contributed by atoms with Gasteiger partial charge in [0, 0.05) is 75.4 Å². The van der Waals surface area contributed by atoms with E-state index in [1.807, 2.05) is 13.8 Å². The summed E-state index contributed by atoms with van der Waals surface area (Å²) in [5, 5.41) is 124. The van der Waals surface area contributed by atoms with Gasteiger partial charge in [-0.05, 0) is 69.1 Å². The van der Waals surface area contributed by atoms with Gasteiger partial charge in [-0.15, -0.1) is 0 Å². The number of hydrogen-bond donors (Lipinski definition) is 13. The Bertz CT molecular complexity index is 1770. The fourth-order valence-electron chi connectivity index (χ4n) is 9.77. The molecule has 0 aromatic rings. The predicted molar refractivity (Wildman–Crippen MR) is 278 cm³/mol. The van der Waals surface area contributed by atoms with Gasteiger partial charge in [0.15, 0.2) is 11.7 Å². The summed E-state index contributed by atoms with van der Waals surface area (Å²) in [6.45, 7) is 13.2. The van der Waals surface area contributed by atoms with E-state index in [2.05, 4.69) is 29.4 Å². The van der Waals surface area contributed by atoms with Gasteiger partial charge in [-0.25, -0.2) is 4.79 Å². The lowest BCUT2D eigenvalue weighted by Crippen LogP contribution is -2.60. The third-order valence-corrected chi connectivity index (χ3v) is 15.0.